The summed E-state index contributed by atoms with van der Waals surface area (Å²) in [6.07, 6.45) is 0. The molecule has 0 saturated carbocycles. The molecule has 0 heterocycles. The molecule has 5 heteroatoms. The summed E-state index contributed by atoms with van der Waals surface area (Å²) in [6, 6.07) is 2.17. The van der Waals surface area contributed by atoms with Crippen LogP contribution in [0.4, 0.5) is 14.5 Å². The molecule has 0 spiro atoms. The maximum atomic E-state index is 13.3. The van der Waals surface area contributed by atoms with Gasteiger partial charge in [-0.05, 0) is 25.5 Å². The molecule has 82 valence electrons. The molecule has 0 unspecified atom stereocenters. The lowest BCUT2D eigenvalue weighted by Crippen LogP contribution is -2.23. The number of halogens is 2. The van der Waals surface area contributed by atoms with E-state index in [-0.39, 0.29) is 17.2 Å². The van der Waals surface area contributed by atoms with E-state index in [1.165, 1.54) is 6.92 Å². The molecule has 0 aliphatic carbocycles. The Morgan fingerprint density at radius 1 is 1.40 bits per heavy atom. The molecular weight excluding hydrogens is 200 g/mol. The van der Waals surface area contributed by atoms with E-state index < -0.39 is 11.6 Å². The summed E-state index contributed by atoms with van der Waals surface area (Å²) in [5.41, 5.74) is 5.67. The molecule has 0 bridgehead atoms. The van der Waals surface area contributed by atoms with Crippen molar-refractivity contribution in [2.45, 2.75) is 13.8 Å². The Kier molecular flexibility index (Phi) is 3.60. The van der Waals surface area contributed by atoms with E-state index in [2.05, 4.69) is 10.3 Å². The first-order valence-electron chi connectivity index (χ1n) is 4.57. The van der Waals surface area contributed by atoms with Gasteiger partial charge in [-0.2, -0.15) is 0 Å². The molecule has 0 aliphatic rings. The highest BCUT2D eigenvalue weighted by Crippen LogP contribution is 2.18. The Bertz CT molecular complexity index is 388. The van der Waals surface area contributed by atoms with Crippen LogP contribution in [0.1, 0.15) is 12.5 Å². The molecule has 0 radical (unpaired) electrons. The second kappa shape index (κ2) is 4.72. The quantitative estimate of drug-likeness (QED) is 0.583. The molecule has 1 aromatic carbocycles. The average molecular weight is 213 g/mol. The summed E-state index contributed by atoms with van der Waals surface area (Å²) in [5, 5.41) is 2.49. The number of nitrogens with two attached hydrogens (primary N) is 1. The summed E-state index contributed by atoms with van der Waals surface area (Å²) in [5.74, 6) is -0.967. The Hall–Kier alpha value is -1.65. The Morgan fingerprint density at radius 3 is 2.67 bits per heavy atom. The summed E-state index contributed by atoms with van der Waals surface area (Å²) in [7, 11) is 0. The van der Waals surface area contributed by atoms with Crippen molar-refractivity contribution in [1.82, 2.24) is 0 Å². The van der Waals surface area contributed by atoms with Crippen molar-refractivity contribution < 1.29 is 8.78 Å². The number of aryl methyl sites for hydroxylation is 1. The van der Waals surface area contributed by atoms with Crippen LogP contribution < -0.4 is 11.1 Å². The summed E-state index contributed by atoms with van der Waals surface area (Å²) in [4.78, 5) is 3.81. The summed E-state index contributed by atoms with van der Waals surface area (Å²) in [6.45, 7) is 3.76. The number of benzene rings is 1. The molecule has 0 aliphatic heterocycles. The number of nitrogens with zero attached hydrogens (tertiary/aromatic N) is 1. The van der Waals surface area contributed by atoms with Crippen molar-refractivity contribution in [3.8, 4) is 0 Å². The van der Waals surface area contributed by atoms with Gasteiger partial charge in [0.2, 0.25) is 0 Å². The number of nitrogens with one attached hydrogen (secondary N) is 1. The number of hydrogen-bond acceptors (Lipinski definition) is 1. The van der Waals surface area contributed by atoms with Crippen LogP contribution in [0, 0.1) is 18.6 Å². The number of guanidine groups is 1. The highest BCUT2D eigenvalue weighted by Gasteiger charge is 2.07. The van der Waals surface area contributed by atoms with Crippen LogP contribution >= 0.6 is 0 Å². The Morgan fingerprint density at radius 2 is 2.07 bits per heavy atom. The largest absolute Gasteiger partial charge is 0.370 e. The van der Waals surface area contributed by atoms with E-state index in [0.717, 1.165) is 12.1 Å². The van der Waals surface area contributed by atoms with Crippen molar-refractivity contribution in [3.05, 3.63) is 29.3 Å². The Balaban J connectivity index is 2.95. The maximum absolute atomic E-state index is 13.3. The molecule has 0 aromatic heterocycles. The predicted molar refractivity (Wildman–Crippen MR) is 56.9 cm³/mol. The summed E-state index contributed by atoms with van der Waals surface area (Å²) < 4.78 is 26.4. The van der Waals surface area contributed by atoms with Crippen LogP contribution in [0.3, 0.4) is 0 Å². The molecule has 1 rings (SSSR count). The first-order chi connectivity index (χ1) is 7.04. The first kappa shape index (κ1) is 11.4. The van der Waals surface area contributed by atoms with E-state index in [1.807, 2.05) is 0 Å². The molecule has 0 amide bonds. The fourth-order valence-electron chi connectivity index (χ4n) is 1.09. The zero-order chi connectivity index (χ0) is 11.4. The van der Waals surface area contributed by atoms with Crippen molar-refractivity contribution in [1.29, 1.82) is 0 Å². The molecule has 0 saturated heterocycles. The minimum absolute atomic E-state index is 0.00667. The van der Waals surface area contributed by atoms with Crippen LogP contribution in [-0.4, -0.2) is 12.5 Å². The predicted octanol–water partition coefficient (Wildman–Crippen LogP) is 2.02. The van der Waals surface area contributed by atoms with Crippen LogP contribution in [0.25, 0.3) is 0 Å². The van der Waals surface area contributed by atoms with E-state index in [4.69, 9.17) is 5.73 Å². The van der Waals surface area contributed by atoms with Gasteiger partial charge in [-0.15, -0.1) is 0 Å². The topological polar surface area (TPSA) is 50.4 Å². The van der Waals surface area contributed by atoms with Gasteiger partial charge >= 0.3 is 0 Å². The fourth-order valence-corrected chi connectivity index (χ4v) is 1.09. The third-order valence-electron chi connectivity index (χ3n) is 1.84. The van der Waals surface area contributed by atoms with Gasteiger partial charge < -0.3 is 11.1 Å². The lowest BCUT2D eigenvalue weighted by Gasteiger charge is -2.07. The summed E-state index contributed by atoms with van der Waals surface area (Å²) >= 11 is 0. The minimum Gasteiger partial charge on any atom is -0.370 e. The molecule has 0 atom stereocenters. The average Bonchev–Trinajstić information content (AvgIpc) is 2.14. The second-order valence-electron chi connectivity index (χ2n) is 3.07. The van der Waals surface area contributed by atoms with Crippen molar-refractivity contribution in [3.63, 3.8) is 0 Å². The molecule has 3 N–H and O–H groups in total. The van der Waals surface area contributed by atoms with Crippen molar-refractivity contribution >= 4 is 11.6 Å². The number of anilines is 1. The van der Waals surface area contributed by atoms with E-state index in [1.54, 1.807) is 6.92 Å². The molecule has 1 aromatic rings. The number of aliphatic imine (C=N–C) groups is 1. The lowest BCUT2D eigenvalue weighted by atomic mass is 10.2. The van der Waals surface area contributed by atoms with E-state index >= 15 is 0 Å². The monoisotopic (exact) mass is 213 g/mol. The van der Waals surface area contributed by atoms with Crippen LogP contribution in [0.5, 0.6) is 0 Å². The van der Waals surface area contributed by atoms with E-state index in [9.17, 15) is 8.78 Å². The standard InChI is InChI=1S/C10H13F2N3/c1-3-14-10(13)15-9-5-7(11)6(2)4-8(9)12/h4-5H,3H2,1-2H3,(H3,13,14,15). The van der Waals surface area contributed by atoms with Crippen molar-refractivity contribution in [2.75, 3.05) is 11.9 Å². The van der Waals surface area contributed by atoms with Gasteiger partial charge in [0.15, 0.2) is 5.96 Å². The number of hydrogen-bond donors (Lipinski definition) is 2. The third-order valence-corrected chi connectivity index (χ3v) is 1.84. The first-order valence-corrected chi connectivity index (χ1v) is 4.57. The molecule has 15 heavy (non-hydrogen) atoms. The van der Waals surface area contributed by atoms with Crippen LogP contribution in [-0.2, 0) is 0 Å². The van der Waals surface area contributed by atoms with Gasteiger partial charge in [0.05, 0.1) is 5.69 Å². The van der Waals surface area contributed by atoms with Gasteiger partial charge in [-0.3, -0.25) is 4.99 Å². The van der Waals surface area contributed by atoms with Gasteiger partial charge in [0.25, 0.3) is 0 Å². The Labute approximate surface area is 87.0 Å². The van der Waals surface area contributed by atoms with Gasteiger partial charge in [-0.25, -0.2) is 8.78 Å². The zero-order valence-electron chi connectivity index (χ0n) is 8.64. The highest BCUT2D eigenvalue weighted by molar-refractivity contribution is 5.92. The van der Waals surface area contributed by atoms with Gasteiger partial charge in [-0.1, -0.05) is 0 Å². The number of rotatable bonds is 2. The van der Waals surface area contributed by atoms with Crippen LogP contribution in [0.15, 0.2) is 17.1 Å². The van der Waals surface area contributed by atoms with Crippen molar-refractivity contribution in [2.24, 2.45) is 10.7 Å². The normalized spacial score (nSPS) is 11.6. The SMILES string of the molecule is CCN=C(N)Nc1cc(F)c(C)cc1F. The molecule has 0 fully saturated rings. The fraction of sp³-hybridized carbons (Fsp3) is 0.300. The highest BCUT2D eigenvalue weighted by atomic mass is 19.1. The molecule has 3 nitrogen and oxygen atoms in total. The van der Waals surface area contributed by atoms with Crippen LogP contribution in [0.2, 0.25) is 0 Å². The minimum atomic E-state index is -0.553. The third kappa shape index (κ3) is 2.90. The molecular formula is C10H13F2N3. The smallest absolute Gasteiger partial charge is 0.193 e. The van der Waals surface area contributed by atoms with E-state index in [0.29, 0.717) is 6.54 Å². The lowest BCUT2D eigenvalue weighted by molar-refractivity contribution is 0.596. The second-order valence-corrected chi connectivity index (χ2v) is 3.07. The van der Waals surface area contributed by atoms with Gasteiger partial charge in [0, 0.05) is 12.6 Å². The van der Waals surface area contributed by atoms with Gasteiger partial charge in [0.1, 0.15) is 11.6 Å². The zero-order valence-corrected chi connectivity index (χ0v) is 8.64. The maximum Gasteiger partial charge on any atom is 0.193 e.